The van der Waals surface area contributed by atoms with Crippen LogP contribution in [0.25, 0.3) is 0 Å². The minimum Gasteiger partial charge on any atom is -0.388 e. The van der Waals surface area contributed by atoms with E-state index in [1.165, 1.54) is 18.2 Å². The topological polar surface area (TPSA) is 50.9 Å². The summed E-state index contributed by atoms with van der Waals surface area (Å²) in [6, 6.07) is 4.15. The molecule has 0 fully saturated rings. The average Bonchev–Trinajstić information content (AvgIpc) is 2.68. The summed E-state index contributed by atoms with van der Waals surface area (Å²) >= 11 is 5.65. The molecule has 2 rings (SSSR count). The fourth-order valence-corrected chi connectivity index (χ4v) is 1.71. The summed E-state index contributed by atoms with van der Waals surface area (Å²) in [4.78, 5) is 0. The van der Waals surface area contributed by atoms with E-state index in [0.717, 1.165) is 0 Å². The molecule has 0 bridgehead atoms. The SMILES string of the molecule is Cn1cc(CC(O)c2ccc(F)c(Cl)c2)nn1. The zero-order valence-electron chi connectivity index (χ0n) is 9.14. The maximum Gasteiger partial charge on any atom is 0.141 e. The van der Waals surface area contributed by atoms with E-state index >= 15 is 0 Å². The second-order valence-corrected chi connectivity index (χ2v) is 4.18. The summed E-state index contributed by atoms with van der Waals surface area (Å²) < 4.78 is 14.5. The highest BCUT2D eigenvalue weighted by Gasteiger charge is 2.12. The van der Waals surface area contributed by atoms with Gasteiger partial charge in [0.05, 0.1) is 16.8 Å². The molecule has 0 aliphatic carbocycles. The smallest absolute Gasteiger partial charge is 0.141 e. The van der Waals surface area contributed by atoms with E-state index in [-0.39, 0.29) is 5.02 Å². The number of rotatable bonds is 3. The lowest BCUT2D eigenvalue weighted by Gasteiger charge is -2.09. The van der Waals surface area contributed by atoms with Crippen LogP contribution in [0.4, 0.5) is 4.39 Å². The Hall–Kier alpha value is -1.46. The predicted octanol–water partition coefficient (Wildman–Crippen LogP) is 1.88. The fourth-order valence-electron chi connectivity index (χ4n) is 1.52. The molecule has 0 amide bonds. The maximum absolute atomic E-state index is 13.0. The molecule has 90 valence electrons. The van der Waals surface area contributed by atoms with Crippen LogP contribution in [0, 0.1) is 5.82 Å². The molecule has 6 heteroatoms. The van der Waals surface area contributed by atoms with Gasteiger partial charge in [0.1, 0.15) is 5.82 Å². The quantitative estimate of drug-likeness (QED) is 0.911. The highest BCUT2D eigenvalue weighted by molar-refractivity contribution is 6.30. The Bertz CT molecular complexity index is 529. The molecule has 1 aromatic heterocycles. The number of hydrogen-bond donors (Lipinski definition) is 1. The van der Waals surface area contributed by atoms with Crippen molar-refractivity contribution in [3.8, 4) is 0 Å². The molecule has 17 heavy (non-hydrogen) atoms. The Balaban J connectivity index is 2.14. The second kappa shape index (κ2) is 4.81. The van der Waals surface area contributed by atoms with Crippen LogP contribution in [0.1, 0.15) is 17.4 Å². The summed E-state index contributed by atoms with van der Waals surface area (Å²) in [5, 5.41) is 17.6. The molecule has 1 unspecified atom stereocenters. The molecule has 1 N–H and O–H groups in total. The average molecular weight is 256 g/mol. The molecule has 1 atom stereocenters. The third-order valence-corrected chi connectivity index (χ3v) is 2.67. The van der Waals surface area contributed by atoms with E-state index in [4.69, 9.17) is 11.6 Å². The first-order valence-electron chi connectivity index (χ1n) is 5.04. The van der Waals surface area contributed by atoms with Crippen molar-refractivity contribution in [3.05, 3.63) is 46.5 Å². The van der Waals surface area contributed by atoms with Gasteiger partial charge in [0.2, 0.25) is 0 Å². The normalized spacial score (nSPS) is 12.7. The van der Waals surface area contributed by atoms with Crippen LogP contribution in [0.15, 0.2) is 24.4 Å². The van der Waals surface area contributed by atoms with Gasteiger partial charge in [-0.15, -0.1) is 5.10 Å². The van der Waals surface area contributed by atoms with E-state index < -0.39 is 11.9 Å². The molecule has 0 spiro atoms. The standard InChI is InChI=1S/C11H11ClFN3O/c1-16-6-8(14-15-16)5-11(17)7-2-3-10(13)9(12)4-7/h2-4,6,11,17H,5H2,1H3. The van der Waals surface area contributed by atoms with Crippen molar-refractivity contribution in [1.82, 2.24) is 15.0 Å². The van der Waals surface area contributed by atoms with Crippen LogP contribution < -0.4 is 0 Å². The van der Waals surface area contributed by atoms with Crippen molar-refractivity contribution in [3.63, 3.8) is 0 Å². The number of halogens is 2. The molecular formula is C11H11ClFN3O. The number of nitrogens with zero attached hydrogens (tertiary/aromatic N) is 3. The monoisotopic (exact) mass is 255 g/mol. The van der Waals surface area contributed by atoms with Gasteiger partial charge in [-0.3, -0.25) is 4.68 Å². The van der Waals surface area contributed by atoms with E-state index in [1.54, 1.807) is 17.9 Å². The Morgan fingerprint density at radius 2 is 2.29 bits per heavy atom. The zero-order chi connectivity index (χ0) is 12.4. The van der Waals surface area contributed by atoms with Gasteiger partial charge in [-0.1, -0.05) is 22.9 Å². The van der Waals surface area contributed by atoms with E-state index in [9.17, 15) is 9.50 Å². The van der Waals surface area contributed by atoms with Gasteiger partial charge in [-0.25, -0.2) is 4.39 Å². The van der Waals surface area contributed by atoms with Crippen LogP contribution in [-0.4, -0.2) is 20.1 Å². The van der Waals surface area contributed by atoms with Crippen LogP contribution >= 0.6 is 11.6 Å². The Kier molecular flexibility index (Phi) is 3.40. The molecule has 1 heterocycles. The zero-order valence-corrected chi connectivity index (χ0v) is 9.89. The fraction of sp³-hybridized carbons (Fsp3) is 0.273. The lowest BCUT2D eigenvalue weighted by Crippen LogP contribution is -2.02. The number of aliphatic hydroxyl groups excluding tert-OH is 1. The number of hydrogen-bond acceptors (Lipinski definition) is 3. The third-order valence-electron chi connectivity index (χ3n) is 2.38. The van der Waals surface area contributed by atoms with Gasteiger partial charge < -0.3 is 5.11 Å². The van der Waals surface area contributed by atoms with Gasteiger partial charge in [-0.2, -0.15) is 0 Å². The number of aromatic nitrogens is 3. The summed E-state index contributed by atoms with van der Waals surface area (Å²) in [6.07, 6.45) is 1.26. The largest absolute Gasteiger partial charge is 0.388 e. The Morgan fingerprint density at radius 3 is 2.88 bits per heavy atom. The Labute approximate surface area is 103 Å². The predicted molar refractivity (Wildman–Crippen MR) is 61.1 cm³/mol. The molecule has 0 aliphatic rings. The molecule has 0 radical (unpaired) electrons. The van der Waals surface area contributed by atoms with Crippen LogP contribution in [0.3, 0.4) is 0 Å². The van der Waals surface area contributed by atoms with Crippen molar-refractivity contribution in [1.29, 1.82) is 0 Å². The van der Waals surface area contributed by atoms with Gasteiger partial charge in [0, 0.05) is 19.7 Å². The number of benzene rings is 1. The maximum atomic E-state index is 13.0. The Morgan fingerprint density at radius 1 is 1.53 bits per heavy atom. The first kappa shape index (κ1) is 12.0. The van der Waals surface area contributed by atoms with Crippen molar-refractivity contribution < 1.29 is 9.50 Å². The van der Waals surface area contributed by atoms with Gasteiger partial charge in [0.25, 0.3) is 0 Å². The summed E-state index contributed by atoms with van der Waals surface area (Å²) in [5.74, 6) is -0.498. The van der Waals surface area contributed by atoms with Crippen LogP contribution in [-0.2, 0) is 13.5 Å². The molecule has 2 aromatic rings. The van der Waals surface area contributed by atoms with E-state index in [0.29, 0.717) is 17.7 Å². The minimum atomic E-state index is -0.773. The van der Waals surface area contributed by atoms with Crippen LogP contribution in [0.2, 0.25) is 5.02 Å². The van der Waals surface area contributed by atoms with Gasteiger partial charge in [-0.05, 0) is 17.7 Å². The molecule has 0 saturated heterocycles. The molecule has 0 saturated carbocycles. The summed E-state index contributed by atoms with van der Waals surface area (Å²) in [6.45, 7) is 0. The van der Waals surface area contributed by atoms with Crippen molar-refractivity contribution in [2.24, 2.45) is 7.05 Å². The number of aliphatic hydroxyl groups is 1. The van der Waals surface area contributed by atoms with Crippen molar-refractivity contribution in [2.45, 2.75) is 12.5 Å². The van der Waals surface area contributed by atoms with Crippen molar-refractivity contribution in [2.75, 3.05) is 0 Å². The molecular weight excluding hydrogens is 245 g/mol. The molecule has 4 nitrogen and oxygen atoms in total. The minimum absolute atomic E-state index is 0.000644. The number of aryl methyl sites for hydroxylation is 1. The third kappa shape index (κ3) is 2.81. The van der Waals surface area contributed by atoms with Gasteiger partial charge in [0.15, 0.2) is 0 Å². The highest BCUT2D eigenvalue weighted by Crippen LogP contribution is 2.22. The van der Waals surface area contributed by atoms with Gasteiger partial charge >= 0.3 is 0 Å². The molecule has 1 aromatic carbocycles. The molecule has 0 aliphatic heterocycles. The van der Waals surface area contributed by atoms with E-state index in [2.05, 4.69) is 10.3 Å². The first-order valence-corrected chi connectivity index (χ1v) is 5.42. The highest BCUT2D eigenvalue weighted by atomic mass is 35.5. The van der Waals surface area contributed by atoms with E-state index in [1.807, 2.05) is 0 Å². The lowest BCUT2D eigenvalue weighted by molar-refractivity contribution is 0.177. The van der Waals surface area contributed by atoms with Crippen molar-refractivity contribution >= 4 is 11.6 Å². The van der Waals surface area contributed by atoms with Crippen LogP contribution in [0.5, 0.6) is 0 Å². The lowest BCUT2D eigenvalue weighted by atomic mass is 10.1. The second-order valence-electron chi connectivity index (χ2n) is 3.78. The first-order chi connectivity index (χ1) is 8.06. The summed E-state index contributed by atoms with van der Waals surface area (Å²) in [7, 11) is 1.75. The summed E-state index contributed by atoms with van der Waals surface area (Å²) in [5.41, 5.74) is 1.22.